The maximum atomic E-state index is 13.5. The number of hydrogen-bond acceptors (Lipinski definition) is 5. The van der Waals surface area contributed by atoms with E-state index in [1.807, 2.05) is 6.92 Å². The number of carboxylic acid groups (broad SMARTS) is 2. The minimum Gasteiger partial charge on any atom is -0.481 e. The van der Waals surface area contributed by atoms with E-state index in [0.717, 1.165) is 31.2 Å². The molecule has 2 amide bonds. The molecule has 11 heteroatoms. The van der Waals surface area contributed by atoms with Gasteiger partial charge in [0.05, 0.1) is 16.7 Å². The zero-order valence-corrected chi connectivity index (χ0v) is 31.0. The zero-order valence-electron chi connectivity index (χ0n) is 30.2. The lowest BCUT2D eigenvalue weighted by Gasteiger charge is -2.27. The van der Waals surface area contributed by atoms with Crippen LogP contribution < -0.4 is 11.1 Å². The molecule has 49 heavy (non-hydrogen) atoms. The first-order chi connectivity index (χ1) is 23.4. The molecule has 6 N–H and O–H groups in total. The first kappa shape index (κ1) is 44.2. The minimum absolute atomic E-state index is 0.0274. The van der Waals surface area contributed by atoms with Gasteiger partial charge in [-0.25, -0.2) is 4.21 Å². The molecule has 1 rings (SSSR count). The van der Waals surface area contributed by atoms with E-state index in [1.165, 1.54) is 71.1 Å². The first-order valence-corrected chi connectivity index (χ1v) is 19.7. The van der Waals surface area contributed by atoms with Crippen molar-refractivity contribution in [1.82, 2.24) is 5.32 Å². The van der Waals surface area contributed by atoms with Gasteiger partial charge in [-0.3, -0.25) is 19.2 Å². The highest BCUT2D eigenvalue weighted by atomic mass is 32.2. The van der Waals surface area contributed by atoms with Crippen LogP contribution in [-0.2, 0) is 30.3 Å². The largest absolute Gasteiger partial charge is 0.481 e. The maximum Gasteiger partial charge on any atom is 0.306 e. The Morgan fingerprint density at radius 1 is 0.694 bits per heavy atom. The fraction of sp³-hybridized carbons (Fsp3) is 0.737. The summed E-state index contributed by atoms with van der Waals surface area (Å²) in [4.78, 5) is 50.2. The molecule has 1 aromatic rings. The molecule has 1 aromatic carbocycles. The van der Waals surface area contributed by atoms with Gasteiger partial charge in [-0.05, 0) is 62.1 Å². The van der Waals surface area contributed by atoms with Crippen LogP contribution in [0.25, 0.3) is 0 Å². The van der Waals surface area contributed by atoms with Crippen LogP contribution in [0.15, 0.2) is 29.2 Å². The van der Waals surface area contributed by atoms with E-state index in [9.17, 15) is 38.2 Å². The maximum absolute atomic E-state index is 13.5. The molecule has 280 valence electrons. The number of nitrogens with one attached hydrogen (secondary N) is 1. The summed E-state index contributed by atoms with van der Waals surface area (Å²) in [5.74, 6) is -6.89. The van der Waals surface area contributed by atoms with Crippen LogP contribution in [0, 0.1) is 23.7 Å². The third-order valence-electron chi connectivity index (χ3n) is 9.76. The smallest absolute Gasteiger partial charge is 0.306 e. The second kappa shape index (κ2) is 26.1. The monoisotopic (exact) mass is 708 g/mol. The fourth-order valence-electron chi connectivity index (χ4n) is 6.56. The molecule has 0 fully saturated rings. The number of primary amides is 1. The molecule has 10 nitrogen and oxygen atoms in total. The molecule has 0 aliphatic heterocycles. The summed E-state index contributed by atoms with van der Waals surface area (Å²) in [6.07, 6.45) is 17.8. The van der Waals surface area contributed by atoms with Gasteiger partial charge in [0, 0.05) is 18.4 Å². The van der Waals surface area contributed by atoms with Crippen molar-refractivity contribution in [3.63, 3.8) is 0 Å². The van der Waals surface area contributed by atoms with Crippen molar-refractivity contribution in [3.8, 4) is 0 Å². The zero-order chi connectivity index (χ0) is 36.6. The molecule has 0 saturated carbocycles. The summed E-state index contributed by atoms with van der Waals surface area (Å²) in [5.41, 5.74) is 6.48. The molecular weight excluding hydrogens is 644 g/mol. The molecule has 0 aliphatic rings. The summed E-state index contributed by atoms with van der Waals surface area (Å²) < 4.78 is 20.7. The number of carbonyl (C=O) groups is 4. The fourth-order valence-corrected chi connectivity index (χ4v) is 6.93. The van der Waals surface area contributed by atoms with Crippen molar-refractivity contribution in [1.29, 1.82) is 0 Å². The third-order valence-corrected chi connectivity index (χ3v) is 10.4. The number of amides is 2. The van der Waals surface area contributed by atoms with Crippen LogP contribution in [0.2, 0.25) is 0 Å². The predicted octanol–water partition coefficient (Wildman–Crippen LogP) is 8.06. The molecular formula is C38H64N2O8S. The van der Waals surface area contributed by atoms with Crippen LogP contribution in [0.1, 0.15) is 154 Å². The minimum atomic E-state index is -2.12. The van der Waals surface area contributed by atoms with Gasteiger partial charge in [0.15, 0.2) is 11.1 Å². The summed E-state index contributed by atoms with van der Waals surface area (Å²) in [5, 5.41) is 22.6. The van der Waals surface area contributed by atoms with E-state index in [1.54, 1.807) is 24.3 Å². The second-order valence-electron chi connectivity index (χ2n) is 13.8. The van der Waals surface area contributed by atoms with Gasteiger partial charge >= 0.3 is 11.9 Å². The number of carboxylic acids is 2. The van der Waals surface area contributed by atoms with Crippen LogP contribution >= 0.6 is 0 Å². The van der Waals surface area contributed by atoms with Crippen molar-refractivity contribution in [2.45, 2.75) is 154 Å². The van der Waals surface area contributed by atoms with E-state index in [2.05, 4.69) is 12.2 Å². The van der Waals surface area contributed by atoms with Crippen LogP contribution in [-0.4, -0.2) is 49.3 Å². The predicted molar refractivity (Wildman–Crippen MR) is 194 cm³/mol. The standard InChI is InChI=1S/C38H64N2O8S/c1-4-6-7-8-9-10-11-12-13-14-15-16-17-18-23-40-36(42)32(26-31(35(39)41)24-28(3)37(43)44)27-33(38(45)46)25-29(5-2)30-19-21-34(22-20-30)49(47)48/h19-22,28-29,31-33H,4-18,23-27H2,1-3H3,(H2,39,41)(H,40,42)(H,43,44)(H,45,46)(H,47,48). The average Bonchev–Trinajstić information content (AvgIpc) is 3.06. The van der Waals surface area contributed by atoms with Crippen LogP contribution in [0.4, 0.5) is 0 Å². The van der Waals surface area contributed by atoms with Gasteiger partial charge in [-0.2, -0.15) is 0 Å². The number of nitrogens with two attached hydrogens (primary N) is 1. The van der Waals surface area contributed by atoms with Gasteiger partial charge in [0.25, 0.3) is 0 Å². The molecule has 0 aliphatic carbocycles. The average molecular weight is 709 g/mol. The molecule has 0 saturated heterocycles. The van der Waals surface area contributed by atoms with Crippen LogP contribution in [0.5, 0.6) is 0 Å². The van der Waals surface area contributed by atoms with Gasteiger partial charge in [-0.1, -0.05) is 116 Å². The van der Waals surface area contributed by atoms with E-state index in [0.29, 0.717) is 13.0 Å². The lowest BCUT2D eigenvalue weighted by Crippen LogP contribution is -2.38. The highest BCUT2D eigenvalue weighted by Gasteiger charge is 2.33. The summed E-state index contributed by atoms with van der Waals surface area (Å²) in [6, 6.07) is 6.51. The Balaban J connectivity index is 2.77. The summed E-state index contributed by atoms with van der Waals surface area (Å²) >= 11 is -2.12. The van der Waals surface area contributed by atoms with Gasteiger partial charge < -0.3 is 25.8 Å². The molecule has 6 unspecified atom stereocenters. The van der Waals surface area contributed by atoms with E-state index in [-0.39, 0.29) is 42.4 Å². The number of rotatable bonds is 30. The number of benzene rings is 1. The van der Waals surface area contributed by atoms with Crippen LogP contribution in [0.3, 0.4) is 0 Å². The SMILES string of the molecule is CCCCCCCCCCCCCCCCNC(=O)C(CC(CC(C)C(=O)O)C(N)=O)CC(CC(CC)c1ccc(S(=O)O)cc1)C(=O)O. The summed E-state index contributed by atoms with van der Waals surface area (Å²) in [6.45, 7) is 6.09. The van der Waals surface area contributed by atoms with Gasteiger partial charge in [0.1, 0.15) is 0 Å². The molecule has 0 bridgehead atoms. The van der Waals surface area contributed by atoms with Crippen molar-refractivity contribution < 1.29 is 38.2 Å². The highest BCUT2D eigenvalue weighted by molar-refractivity contribution is 7.79. The Kier molecular flexibility index (Phi) is 23.5. The van der Waals surface area contributed by atoms with E-state index >= 15 is 0 Å². The summed E-state index contributed by atoms with van der Waals surface area (Å²) in [7, 11) is 0. The van der Waals surface area contributed by atoms with E-state index in [4.69, 9.17) is 5.73 Å². The Morgan fingerprint density at radius 3 is 1.61 bits per heavy atom. The van der Waals surface area contributed by atoms with Crippen molar-refractivity contribution >= 4 is 34.8 Å². The van der Waals surface area contributed by atoms with Gasteiger partial charge in [0.2, 0.25) is 11.8 Å². The lowest BCUT2D eigenvalue weighted by molar-refractivity contribution is -0.143. The second-order valence-corrected chi connectivity index (χ2v) is 14.8. The Morgan fingerprint density at radius 2 is 1.18 bits per heavy atom. The number of aliphatic carboxylic acids is 2. The Hall–Kier alpha value is -2.79. The molecule has 6 atom stereocenters. The Labute approximate surface area is 297 Å². The normalized spacial score (nSPS) is 15.1. The topological polar surface area (TPSA) is 184 Å². The number of unbranched alkanes of at least 4 members (excludes halogenated alkanes) is 13. The lowest BCUT2D eigenvalue weighted by atomic mass is 9.78. The first-order valence-electron chi connectivity index (χ1n) is 18.6. The molecule has 0 aromatic heterocycles. The quantitative estimate of drug-likeness (QED) is 0.0392. The van der Waals surface area contributed by atoms with Gasteiger partial charge in [-0.15, -0.1) is 0 Å². The number of hydrogen-bond donors (Lipinski definition) is 5. The van der Waals surface area contributed by atoms with Crippen molar-refractivity contribution in [3.05, 3.63) is 29.8 Å². The molecule has 0 spiro atoms. The number of carbonyl (C=O) groups excluding carboxylic acids is 2. The third kappa shape index (κ3) is 19.3. The van der Waals surface area contributed by atoms with E-state index < -0.39 is 52.6 Å². The van der Waals surface area contributed by atoms with Crippen molar-refractivity contribution in [2.24, 2.45) is 29.4 Å². The molecule has 0 radical (unpaired) electrons. The molecule has 0 heterocycles. The highest BCUT2D eigenvalue weighted by Crippen LogP contribution is 2.33. The Bertz CT molecular complexity index is 1130. The van der Waals surface area contributed by atoms with Crippen molar-refractivity contribution in [2.75, 3.05) is 6.54 Å².